The summed E-state index contributed by atoms with van der Waals surface area (Å²) in [5.41, 5.74) is 1.44. The molecule has 7 nitrogen and oxygen atoms in total. The number of aryl methyl sites for hydroxylation is 2. The minimum Gasteiger partial charge on any atom is -0.349 e. The van der Waals surface area contributed by atoms with E-state index in [0.717, 1.165) is 35.8 Å². The molecule has 0 aliphatic heterocycles. The molecule has 1 amide bonds. The summed E-state index contributed by atoms with van der Waals surface area (Å²) in [7, 11) is 1.71. The number of carbonyl (C=O) groups excluding carboxylic acids is 1. The van der Waals surface area contributed by atoms with Crippen LogP contribution in [0.25, 0.3) is 16.7 Å². The summed E-state index contributed by atoms with van der Waals surface area (Å²) in [5.74, 6) is -0.249. The minimum absolute atomic E-state index is 0.149. The third-order valence-electron chi connectivity index (χ3n) is 5.50. The van der Waals surface area contributed by atoms with Gasteiger partial charge in [-0.3, -0.25) is 9.59 Å². The molecular formula is C21H24N4O3. The molecule has 1 saturated carbocycles. The van der Waals surface area contributed by atoms with Gasteiger partial charge in [0.25, 0.3) is 11.5 Å². The molecule has 0 saturated heterocycles. The molecule has 0 bridgehead atoms. The Morgan fingerprint density at radius 1 is 1.11 bits per heavy atom. The molecule has 0 spiro atoms. The van der Waals surface area contributed by atoms with E-state index in [4.69, 9.17) is 0 Å². The van der Waals surface area contributed by atoms with E-state index in [1.165, 1.54) is 6.42 Å². The van der Waals surface area contributed by atoms with Crippen molar-refractivity contribution < 1.29 is 4.79 Å². The van der Waals surface area contributed by atoms with E-state index < -0.39 is 11.2 Å². The van der Waals surface area contributed by atoms with Crippen LogP contribution in [0.5, 0.6) is 0 Å². The summed E-state index contributed by atoms with van der Waals surface area (Å²) < 4.78 is 2.71. The number of fused-ring (bicyclic) bond motifs is 1. The number of rotatable bonds is 3. The molecule has 0 radical (unpaired) electrons. The van der Waals surface area contributed by atoms with E-state index in [-0.39, 0.29) is 17.5 Å². The highest BCUT2D eigenvalue weighted by atomic mass is 16.2. The number of aromatic amines is 1. The Labute approximate surface area is 162 Å². The van der Waals surface area contributed by atoms with Crippen molar-refractivity contribution in [3.8, 4) is 5.69 Å². The van der Waals surface area contributed by atoms with Gasteiger partial charge in [0.1, 0.15) is 5.52 Å². The first kappa shape index (κ1) is 18.3. The first-order chi connectivity index (χ1) is 13.5. The third-order valence-corrected chi connectivity index (χ3v) is 5.50. The van der Waals surface area contributed by atoms with Crippen LogP contribution in [0, 0.1) is 6.92 Å². The van der Waals surface area contributed by atoms with Gasteiger partial charge in [-0.25, -0.2) is 9.36 Å². The van der Waals surface area contributed by atoms with Crippen molar-refractivity contribution in [2.24, 2.45) is 7.05 Å². The van der Waals surface area contributed by atoms with Crippen molar-refractivity contribution in [1.29, 1.82) is 0 Å². The van der Waals surface area contributed by atoms with Gasteiger partial charge in [0.2, 0.25) is 0 Å². The average Bonchev–Trinajstić information content (AvgIpc) is 3.00. The number of H-pyrrole nitrogens is 1. The number of nitrogens with one attached hydrogen (secondary N) is 2. The van der Waals surface area contributed by atoms with Crippen LogP contribution in [-0.4, -0.2) is 26.1 Å². The molecule has 4 rings (SSSR count). The highest BCUT2D eigenvalue weighted by Crippen LogP contribution is 2.20. The predicted octanol–water partition coefficient (Wildman–Crippen LogP) is 2.39. The molecular weight excluding hydrogens is 356 g/mol. The highest BCUT2D eigenvalue weighted by Gasteiger charge is 2.22. The van der Waals surface area contributed by atoms with E-state index in [2.05, 4.69) is 10.3 Å². The smallest absolute Gasteiger partial charge is 0.333 e. The van der Waals surface area contributed by atoms with Gasteiger partial charge < -0.3 is 14.9 Å². The summed E-state index contributed by atoms with van der Waals surface area (Å²) in [4.78, 5) is 41.3. The summed E-state index contributed by atoms with van der Waals surface area (Å²) in [6.07, 6.45) is 6.96. The van der Waals surface area contributed by atoms with Crippen molar-refractivity contribution in [2.75, 3.05) is 0 Å². The zero-order valence-corrected chi connectivity index (χ0v) is 16.1. The highest BCUT2D eigenvalue weighted by molar-refractivity contribution is 6.05. The van der Waals surface area contributed by atoms with Gasteiger partial charge in [-0.05, 0) is 31.9 Å². The van der Waals surface area contributed by atoms with Gasteiger partial charge in [-0.15, -0.1) is 0 Å². The fourth-order valence-electron chi connectivity index (χ4n) is 3.98. The maximum atomic E-state index is 13.1. The van der Waals surface area contributed by atoms with Crippen LogP contribution in [0.4, 0.5) is 0 Å². The molecule has 3 aromatic rings. The zero-order valence-electron chi connectivity index (χ0n) is 16.1. The van der Waals surface area contributed by atoms with Gasteiger partial charge >= 0.3 is 5.69 Å². The lowest BCUT2D eigenvalue weighted by Gasteiger charge is -2.22. The van der Waals surface area contributed by atoms with Crippen molar-refractivity contribution >= 4 is 16.9 Å². The standard InChI is InChI=1S/C21H24N4O3/c1-13-8-10-15(11-9-13)25-20(27)18-17(23-21(25)28)16(12-24(18)2)19(26)22-14-6-4-3-5-7-14/h8-12,14H,3-7H2,1-2H3,(H,22,26)(H,23,28). The van der Waals surface area contributed by atoms with E-state index >= 15 is 0 Å². The van der Waals surface area contributed by atoms with Crippen LogP contribution in [0.3, 0.4) is 0 Å². The molecule has 1 aromatic carbocycles. The number of carbonyl (C=O) groups is 1. The maximum Gasteiger partial charge on any atom is 0.333 e. The van der Waals surface area contributed by atoms with Gasteiger partial charge in [0.05, 0.1) is 16.8 Å². The van der Waals surface area contributed by atoms with Gasteiger partial charge in [0, 0.05) is 19.3 Å². The minimum atomic E-state index is -0.556. The van der Waals surface area contributed by atoms with Crippen LogP contribution < -0.4 is 16.6 Å². The van der Waals surface area contributed by atoms with Crippen LogP contribution >= 0.6 is 0 Å². The van der Waals surface area contributed by atoms with Crippen LogP contribution in [-0.2, 0) is 7.05 Å². The fraction of sp³-hybridized carbons (Fsp3) is 0.381. The molecule has 1 aliphatic rings. The molecule has 0 atom stereocenters. The quantitative estimate of drug-likeness (QED) is 0.731. The molecule has 1 aliphatic carbocycles. The Kier molecular flexibility index (Phi) is 4.66. The summed E-state index contributed by atoms with van der Waals surface area (Å²) in [6, 6.07) is 7.31. The lowest BCUT2D eigenvalue weighted by molar-refractivity contribution is 0.0929. The Bertz CT molecular complexity index is 1150. The van der Waals surface area contributed by atoms with E-state index in [9.17, 15) is 14.4 Å². The Hall–Kier alpha value is -3.09. The maximum absolute atomic E-state index is 13.1. The molecule has 2 N–H and O–H groups in total. The van der Waals surface area contributed by atoms with Crippen LogP contribution in [0.1, 0.15) is 48.0 Å². The lowest BCUT2D eigenvalue weighted by Crippen LogP contribution is -2.37. The molecule has 7 heteroatoms. The summed E-state index contributed by atoms with van der Waals surface area (Å²) in [6.45, 7) is 1.94. The second kappa shape index (κ2) is 7.14. The Morgan fingerprint density at radius 2 is 1.79 bits per heavy atom. The summed E-state index contributed by atoms with van der Waals surface area (Å²) in [5, 5.41) is 3.05. The second-order valence-corrected chi connectivity index (χ2v) is 7.59. The number of aromatic nitrogens is 3. The first-order valence-electron chi connectivity index (χ1n) is 9.68. The largest absolute Gasteiger partial charge is 0.349 e. The van der Waals surface area contributed by atoms with E-state index in [0.29, 0.717) is 16.8 Å². The van der Waals surface area contributed by atoms with Gasteiger partial charge in [-0.1, -0.05) is 37.0 Å². The Balaban J connectivity index is 1.79. The molecule has 2 heterocycles. The van der Waals surface area contributed by atoms with Crippen LogP contribution in [0.2, 0.25) is 0 Å². The average molecular weight is 380 g/mol. The molecule has 0 unspecified atom stereocenters. The zero-order chi connectivity index (χ0) is 19.8. The molecule has 1 fully saturated rings. The number of hydrogen-bond acceptors (Lipinski definition) is 3. The second-order valence-electron chi connectivity index (χ2n) is 7.59. The fourth-order valence-corrected chi connectivity index (χ4v) is 3.98. The van der Waals surface area contributed by atoms with Crippen molar-refractivity contribution in [1.82, 2.24) is 19.4 Å². The van der Waals surface area contributed by atoms with E-state index in [1.54, 1.807) is 29.9 Å². The van der Waals surface area contributed by atoms with Crippen molar-refractivity contribution in [3.63, 3.8) is 0 Å². The topological polar surface area (TPSA) is 88.9 Å². The molecule has 146 valence electrons. The normalized spacial score (nSPS) is 15.1. The van der Waals surface area contributed by atoms with Crippen molar-refractivity contribution in [2.45, 2.75) is 45.1 Å². The van der Waals surface area contributed by atoms with Crippen LogP contribution in [0.15, 0.2) is 40.1 Å². The SMILES string of the molecule is Cc1ccc(-n2c(=O)[nH]c3c(C(=O)NC4CCCCC4)cn(C)c3c2=O)cc1. The van der Waals surface area contributed by atoms with E-state index in [1.807, 2.05) is 19.1 Å². The predicted molar refractivity (Wildman–Crippen MR) is 108 cm³/mol. The van der Waals surface area contributed by atoms with Gasteiger partial charge in [-0.2, -0.15) is 0 Å². The Morgan fingerprint density at radius 3 is 2.46 bits per heavy atom. The number of hydrogen-bond donors (Lipinski definition) is 2. The number of nitrogens with zero attached hydrogens (tertiary/aromatic N) is 2. The van der Waals surface area contributed by atoms with Crippen molar-refractivity contribution in [3.05, 3.63) is 62.4 Å². The lowest BCUT2D eigenvalue weighted by atomic mass is 9.95. The third kappa shape index (κ3) is 3.17. The van der Waals surface area contributed by atoms with Gasteiger partial charge in [0.15, 0.2) is 0 Å². The monoisotopic (exact) mass is 380 g/mol. The first-order valence-corrected chi connectivity index (χ1v) is 9.68. The number of amides is 1. The molecule has 2 aromatic heterocycles. The molecule has 28 heavy (non-hydrogen) atoms. The summed E-state index contributed by atoms with van der Waals surface area (Å²) >= 11 is 0. The number of benzene rings is 1.